The summed E-state index contributed by atoms with van der Waals surface area (Å²) in [7, 11) is 3.19. The molecular weight excluding hydrogens is 232 g/mol. The van der Waals surface area contributed by atoms with Crippen LogP contribution in [0.4, 0.5) is 0 Å². The van der Waals surface area contributed by atoms with Crippen LogP contribution in [0.2, 0.25) is 0 Å². The molecule has 0 bridgehead atoms. The summed E-state index contributed by atoms with van der Waals surface area (Å²) in [5.41, 5.74) is 1.07. The van der Waals surface area contributed by atoms with Crippen LogP contribution in [0.25, 0.3) is 5.70 Å². The highest BCUT2D eigenvalue weighted by Gasteiger charge is 2.17. The summed E-state index contributed by atoms with van der Waals surface area (Å²) in [4.78, 5) is 11.2. The van der Waals surface area contributed by atoms with Crippen molar-refractivity contribution in [3.63, 3.8) is 0 Å². The molecule has 0 aromatic heterocycles. The zero-order chi connectivity index (χ0) is 13.7. The van der Waals surface area contributed by atoms with Crippen molar-refractivity contribution in [2.45, 2.75) is 6.92 Å². The van der Waals surface area contributed by atoms with Gasteiger partial charge in [-0.2, -0.15) is 0 Å². The van der Waals surface area contributed by atoms with Gasteiger partial charge in [0.1, 0.15) is 11.3 Å². The third-order valence-corrected chi connectivity index (χ3v) is 2.47. The highest BCUT2D eigenvalue weighted by molar-refractivity contribution is 6.22. The van der Waals surface area contributed by atoms with Crippen LogP contribution in [0.5, 0.6) is 5.75 Å². The Morgan fingerprint density at radius 2 is 1.89 bits per heavy atom. The Morgan fingerprint density at radius 1 is 1.33 bits per heavy atom. The van der Waals surface area contributed by atoms with Gasteiger partial charge in [-0.1, -0.05) is 0 Å². The van der Waals surface area contributed by atoms with Crippen LogP contribution in [-0.4, -0.2) is 30.9 Å². The van der Waals surface area contributed by atoms with E-state index in [-0.39, 0.29) is 11.3 Å². The smallest absolute Gasteiger partial charge is 0.339 e. The van der Waals surface area contributed by atoms with Crippen molar-refractivity contribution in [2.75, 3.05) is 14.2 Å². The van der Waals surface area contributed by atoms with Gasteiger partial charge in [0.2, 0.25) is 0 Å². The highest BCUT2D eigenvalue weighted by atomic mass is 16.5. The van der Waals surface area contributed by atoms with E-state index >= 15 is 0 Å². The summed E-state index contributed by atoms with van der Waals surface area (Å²) in [5.74, 6) is -0.430. The minimum Gasteiger partial charge on any atom is -0.497 e. The number of ether oxygens (including phenoxy) is 1. The second-order valence-corrected chi connectivity index (χ2v) is 3.66. The Labute approximate surface area is 106 Å². The highest BCUT2D eigenvalue weighted by Crippen LogP contribution is 2.20. The molecule has 0 radical (unpaired) electrons. The third-order valence-electron chi connectivity index (χ3n) is 2.47. The Kier molecular flexibility index (Phi) is 4.48. The quantitative estimate of drug-likeness (QED) is 0.547. The number of carbonyl (C=O) groups is 1. The first-order valence-corrected chi connectivity index (χ1v) is 5.36. The Bertz CT molecular complexity index is 473. The zero-order valence-corrected chi connectivity index (χ0v) is 10.6. The van der Waals surface area contributed by atoms with Crippen LogP contribution in [0, 0.1) is 5.41 Å². The molecule has 0 aliphatic rings. The molecule has 18 heavy (non-hydrogen) atoms. The van der Waals surface area contributed by atoms with Crippen molar-refractivity contribution in [1.82, 2.24) is 5.32 Å². The largest absolute Gasteiger partial charge is 0.497 e. The van der Waals surface area contributed by atoms with Gasteiger partial charge in [-0.3, -0.25) is 0 Å². The first-order chi connectivity index (χ1) is 8.51. The number of methoxy groups -OCH3 is 1. The van der Waals surface area contributed by atoms with Crippen LogP contribution >= 0.6 is 0 Å². The Morgan fingerprint density at radius 3 is 2.22 bits per heavy atom. The maximum atomic E-state index is 11.2. The van der Waals surface area contributed by atoms with E-state index < -0.39 is 5.97 Å². The average molecular weight is 248 g/mol. The Hall–Kier alpha value is -2.30. The van der Waals surface area contributed by atoms with Gasteiger partial charge >= 0.3 is 5.97 Å². The molecule has 0 unspecified atom stereocenters. The number of hydrogen-bond donors (Lipinski definition) is 3. The minimum absolute atomic E-state index is 0.00247. The molecule has 3 N–H and O–H groups in total. The number of nitrogens with one attached hydrogen (secondary N) is 2. The van der Waals surface area contributed by atoms with Gasteiger partial charge in [0.15, 0.2) is 0 Å². The molecule has 0 fully saturated rings. The summed E-state index contributed by atoms with van der Waals surface area (Å²) < 4.78 is 5.04. The molecule has 0 saturated carbocycles. The number of hydrogen-bond acceptors (Lipinski definition) is 4. The van der Waals surface area contributed by atoms with E-state index in [4.69, 9.17) is 15.3 Å². The van der Waals surface area contributed by atoms with Gasteiger partial charge in [-0.05, 0) is 36.8 Å². The lowest BCUT2D eigenvalue weighted by Gasteiger charge is -2.12. The molecule has 0 amide bonds. The summed E-state index contributed by atoms with van der Waals surface area (Å²) in [6.45, 7) is 1.45. The van der Waals surface area contributed by atoms with E-state index in [9.17, 15) is 4.79 Å². The molecule has 5 heteroatoms. The Balaban J connectivity index is 3.33. The molecule has 96 valence electrons. The van der Waals surface area contributed by atoms with Crippen molar-refractivity contribution in [1.29, 1.82) is 5.41 Å². The zero-order valence-electron chi connectivity index (χ0n) is 10.6. The molecule has 1 rings (SSSR count). The monoisotopic (exact) mass is 248 g/mol. The van der Waals surface area contributed by atoms with Crippen molar-refractivity contribution in [2.24, 2.45) is 0 Å². The van der Waals surface area contributed by atoms with E-state index in [1.54, 1.807) is 38.4 Å². The topological polar surface area (TPSA) is 82.4 Å². The van der Waals surface area contributed by atoms with E-state index in [0.29, 0.717) is 17.0 Å². The SMILES string of the molecule is CN/C(=C(\C(C)=N)C(=O)O)c1ccc(OC)cc1. The van der Waals surface area contributed by atoms with Crippen LogP contribution in [0.3, 0.4) is 0 Å². The van der Waals surface area contributed by atoms with Crippen molar-refractivity contribution in [3.05, 3.63) is 35.4 Å². The second-order valence-electron chi connectivity index (χ2n) is 3.66. The fraction of sp³-hybridized carbons (Fsp3) is 0.231. The lowest BCUT2D eigenvalue weighted by atomic mass is 10.0. The molecule has 5 nitrogen and oxygen atoms in total. The van der Waals surface area contributed by atoms with Crippen LogP contribution in [0.1, 0.15) is 12.5 Å². The normalized spacial score (nSPS) is 11.5. The van der Waals surface area contributed by atoms with Crippen molar-refractivity contribution in [3.8, 4) is 5.75 Å². The lowest BCUT2D eigenvalue weighted by molar-refractivity contribution is -0.132. The van der Waals surface area contributed by atoms with Crippen LogP contribution in [0.15, 0.2) is 29.8 Å². The van der Waals surface area contributed by atoms with Gasteiger partial charge < -0.3 is 20.6 Å². The van der Waals surface area contributed by atoms with Gasteiger partial charge in [0.05, 0.1) is 12.8 Å². The molecule has 1 aromatic rings. The van der Waals surface area contributed by atoms with E-state index in [0.717, 1.165) is 0 Å². The first kappa shape index (κ1) is 13.8. The second kappa shape index (κ2) is 5.86. The maximum absolute atomic E-state index is 11.2. The van der Waals surface area contributed by atoms with E-state index in [1.165, 1.54) is 6.92 Å². The molecule has 0 heterocycles. The predicted octanol–water partition coefficient (Wildman–Crippen LogP) is 1.75. The number of rotatable bonds is 5. The fourth-order valence-electron chi connectivity index (χ4n) is 1.63. The molecule has 0 atom stereocenters. The fourth-order valence-corrected chi connectivity index (χ4v) is 1.63. The molecule has 0 spiro atoms. The number of benzene rings is 1. The molecule has 1 aromatic carbocycles. The number of aliphatic carboxylic acids is 1. The van der Waals surface area contributed by atoms with Crippen LogP contribution < -0.4 is 10.1 Å². The summed E-state index contributed by atoms with van der Waals surface area (Å²) in [6.07, 6.45) is 0. The summed E-state index contributed by atoms with van der Waals surface area (Å²) >= 11 is 0. The van der Waals surface area contributed by atoms with Gasteiger partial charge in [-0.25, -0.2) is 4.79 Å². The summed E-state index contributed by atoms with van der Waals surface area (Å²) in [5, 5.41) is 19.5. The molecular formula is C13H16N2O3. The van der Waals surface area contributed by atoms with E-state index in [2.05, 4.69) is 5.32 Å². The van der Waals surface area contributed by atoms with Crippen LogP contribution in [-0.2, 0) is 4.79 Å². The molecule has 0 aliphatic heterocycles. The minimum atomic E-state index is -1.12. The van der Waals surface area contributed by atoms with Crippen molar-refractivity contribution >= 4 is 17.4 Å². The number of carboxylic acid groups (broad SMARTS) is 1. The average Bonchev–Trinajstić information content (AvgIpc) is 2.35. The standard InChI is InChI=1S/C13H16N2O3/c1-8(14)11(13(16)17)12(15-2)9-4-6-10(18-3)7-5-9/h4-7,14-15H,1-3H3,(H,16,17)/b12-11+,14-8?. The molecule has 0 aliphatic carbocycles. The van der Waals surface area contributed by atoms with Gasteiger partial charge in [0, 0.05) is 12.8 Å². The maximum Gasteiger partial charge on any atom is 0.339 e. The molecule has 0 saturated heterocycles. The first-order valence-electron chi connectivity index (χ1n) is 5.36. The van der Waals surface area contributed by atoms with E-state index in [1.807, 2.05) is 0 Å². The van der Waals surface area contributed by atoms with Gasteiger partial charge in [-0.15, -0.1) is 0 Å². The lowest BCUT2D eigenvalue weighted by Crippen LogP contribution is -2.18. The summed E-state index contributed by atoms with van der Waals surface area (Å²) in [6, 6.07) is 6.98. The number of carboxylic acids is 1. The van der Waals surface area contributed by atoms with Crippen molar-refractivity contribution < 1.29 is 14.6 Å². The predicted molar refractivity (Wildman–Crippen MR) is 70.0 cm³/mol. The third kappa shape index (κ3) is 2.88. The van der Waals surface area contributed by atoms with Gasteiger partial charge in [0.25, 0.3) is 0 Å².